The van der Waals surface area contributed by atoms with Gasteiger partial charge in [-0.3, -0.25) is 29.6 Å². The van der Waals surface area contributed by atoms with Gasteiger partial charge >= 0.3 is 0 Å². The lowest BCUT2D eigenvalue weighted by Gasteiger charge is -2.09. The Morgan fingerprint density at radius 2 is 1.85 bits per heavy atom. The van der Waals surface area contributed by atoms with Crippen molar-refractivity contribution in [3.63, 3.8) is 0 Å². The molecule has 6 heterocycles. The molecule has 0 aliphatic heterocycles. The highest BCUT2D eigenvalue weighted by Crippen LogP contribution is 2.36. The van der Waals surface area contributed by atoms with Gasteiger partial charge in [-0.05, 0) is 25.1 Å². The van der Waals surface area contributed by atoms with Gasteiger partial charge in [0.25, 0.3) is 0 Å². The Labute approximate surface area is 224 Å². The lowest BCUT2D eigenvalue weighted by atomic mass is 10.1. The number of hydrogen-bond acceptors (Lipinski definition) is 8. The third-order valence-electron chi connectivity index (χ3n) is 6.18. The molecule has 0 atom stereocenters. The minimum Gasteiger partial charge on any atom is -0.335 e. The van der Waals surface area contributed by atoms with E-state index in [-0.39, 0.29) is 34.4 Å². The molecule has 3 N–H and O–H groups in total. The zero-order chi connectivity index (χ0) is 27.3. The van der Waals surface area contributed by atoms with E-state index in [0.29, 0.717) is 38.5 Å². The van der Waals surface area contributed by atoms with E-state index in [1.54, 1.807) is 38.4 Å². The minimum absolute atomic E-state index is 0.0139. The molecule has 0 aliphatic rings. The van der Waals surface area contributed by atoms with E-state index in [2.05, 4.69) is 35.5 Å². The predicted molar refractivity (Wildman–Crippen MR) is 147 cm³/mol. The lowest BCUT2D eigenvalue weighted by Crippen LogP contribution is -2.17. The van der Waals surface area contributed by atoms with Gasteiger partial charge in [-0.2, -0.15) is 5.10 Å². The Balaban J connectivity index is 1.44. The molecular weight excluding hydrogens is 519 g/mol. The van der Waals surface area contributed by atoms with Crippen LogP contribution in [0.3, 0.4) is 0 Å². The topological polar surface area (TPSA) is 142 Å². The van der Waals surface area contributed by atoms with Crippen LogP contribution in [0.2, 0.25) is 0 Å². The summed E-state index contributed by atoms with van der Waals surface area (Å²) in [7, 11) is 0. The number of nitrogens with one attached hydrogen (secondary N) is 3. The number of fused-ring (bicyclic) bond motifs is 2. The number of carbonyl (C=O) groups excluding carboxylic acids is 2. The number of aromatic amines is 2. The molecule has 39 heavy (non-hydrogen) atoms. The molecule has 0 radical (unpaired) electrons. The highest BCUT2D eigenvalue weighted by atomic mass is 32.1. The fourth-order valence-electron chi connectivity index (χ4n) is 4.17. The number of thiophene rings is 1. The van der Waals surface area contributed by atoms with Crippen LogP contribution in [-0.4, -0.2) is 46.8 Å². The largest absolute Gasteiger partial charge is 0.335 e. The molecule has 0 bridgehead atoms. The van der Waals surface area contributed by atoms with Crippen LogP contribution in [0.1, 0.15) is 30.4 Å². The Morgan fingerprint density at radius 3 is 2.62 bits per heavy atom. The number of carbonyl (C=O) groups is 2. The normalized spacial score (nSPS) is 11.5. The summed E-state index contributed by atoms with van der Waals surface area (Å²) in [4.78, 5) is 46.1. The van der Waals surface area contributed by atoms with E-state index in [4.69, 9.17) is 4.98 Å². The van der Waals surface area contributed by atoms with Crippen LogP contribution in [0.15, 0.2) is 49.2 Å². The summed E-state index contributed by atoms with van der Waals surface area (Å²) in [6.45, 7) is 5.08. The van der Waals surface area contributed by atoms with Crippen LogP contribution in [-0.2, 0) is 4.79 Å². The van der Waals surface area contributed by atoms with Crippen molar-refractivity contribution in [2.75, 3.05) is 5.32 Å². The third-order valence-corrected chi connectivity index (χ3v) is 7.40. The van der Waals surface area contributed by atoms with E-state index in [1.807, 2.05) is 6.07 Å². The van der Waals surface area contributed by atoms with Crippen molar-refractivity contribution in [1.29, 1.82) is 0 Å². The Bertz CT molecular complexity index is 1900. The number of hydrogen-bond donors (Lipinski definition) is 3. The number of nitrogens with zero attached hydrogens (tertiary/aromatic N) is 5. The highest BCUT2D eigenvalue weighted by molar-refractivity contribution is 7.17. The number of pyridine rings is 3. The van der Waals surface area contributed by atoms with Crippen LogP contribution in [0.4, 0.5) is 10.1 Å². The fourth-order valence-corrected chi connectivity index (χ4v) is 5.08. The van der Waals surface area contributed by atoms with E-state index in [1.165, 1.54) is 36.9 Å². The number of halogens is 1. The maximum Gasteiger partial charge on any atom is 0.226 e. The molecule has 0 saturated heterocycles. The Hall–Kier alpha value is -4.84. The van der Waals surface area contributed by atoms with Crippen LogP contribution < -0.4 is 5.32 Å². The molecule has 0 aliphatic carbocycles. The van der Waals surface area contributed by atoms with Crippen molar-refractivity contribution in [2.45, 2.75) is 20.8 Å². The van der Waals surface area contributed by atoms with Crippen LogP contribution >= 0.6 is 11.3 Å². The van der Waals surface area contributed by atoms with Crippen molar-refractivity contribution in [2.24, 2.45) is 5.92 Å². The van der Waals surface area contributed by atoms with Crippen molar-refractivity contribution in [1.82, 2.24) is 35.1 Å². The number of H-pyrrole nitrogens is 2. The molecule has 0 spiro atoms. The maximum absolute atomic E-state index is 16.0. The van der Waals surface area contributed by atoms with Crippen molar-refractivity contribution in [3.8, 4) is 33.2 Å². The van der Waals surface area contributed by atoms with Gasteiger partial charge in [0.05, 0.1) is 45.6 Å². The molecular formula is C27H21FN8O2S. The first-order valence-electron chi connectivity index (χ1n) is 12.0. The average Bonchev–Trinajstić information content (AvgIpc) is 3.66. The lowest BCUT2D eigenvalue weighted by molar-refractivity contribution is -0.118. The summed E-state index contributed by atoms with van der Waals surface area (Å²) < 4.78 is 16.0. The number of Topliss-reactive ketones (excluding diaryl/α,β-unsaturated/α-hetero) is 1. The van der Waals surface area contributed by atoms with Gasteiger partial charge in [0, 0.05) is 34.3 Å². The van der Waals surface area contributed by atoms with Gasteiger partial charge in [-0.25, -0.2) is 9.37 Å². The third kappa shape index (κ3) is 4.34. The summed E-state index contributed by atoms with van der Waals surface area (Å²) in [6, 6.07) is 5.26. The second kappa shape index (κ2) is 9.48. The highest BCUT2D eigenvalue weighted by Gasteiger charge is 2.22. The van der Waals surface area contributed by atoms with Gasteiger partial charge in [0.1, 0.15) is 16.9 Å². The zero-order valence-corrected chi connectivity index (χ0v) is 21.9. The summed E-state index contributed by atoms with van der Waals surface area (Å²) in [5.74, 6) is -0.660. The zero-order valence-electron chi connectivity index (χ0n) is 21.0. The molecule has 12 heteroatoms. The SMILES string of the molecule is CC(=O)c1ccc(-c2cncc3[nH]c(-c4n[nH]c5cnc(-c6cncc(NC(=O)C(C)C)c6)c(F)c45)nc23)s1. The van der Waals surface area contributed by atoms with E-state index in [0.717, 1.165) is 10.4 Å². The van der Waals surface area contributed by atoms with E-state index in [9.17, 15) is 9.59 Å². The fraction of sp³-hybridized carbons (Fsp3) is 0.148. The molecule has 0 aromatic carbocycles. The molecule has 1 amide bonds. The molecule has 194 valence electrons. The Morgan fingerprint density at radius 1 is 1.03 bits per heavy atom. The monoisotopic (exact) mass is 540 g/mol. The number of ketones is 1. The summed E-state index contributed by atoms with van der Waals surface area (Å²) in [5.41, 5.74) is 3.60. The van der Waals surface area contributed by atoms with Gasteiger partial charge in [0.2, 0.25) is 5.91 Å². The first kappa shape index (κ1) is 24.5. The number of anilines is 1. The first-order valence-corrected chi connectivity index (χ1v) is 12.9. The minimum atomic E-state index is -0.603. The molecule has 0 saturated carbocycles. The summed E-state index contributed by atoms with van der Waals surface area (Å²) >= 11 is 1.36. The second-order valence-electron chi connectivity index (χ2n) is 9.28. The Kier molecular flexibility index (Phi) is 5.95. The van der Waals surface area contributed by atoms with Crippen molar-refractivity contribution in [3.05, 3.63) is 59.9 Å². The van der Waals surface area contributed by atoms with Gasteiger partial charge in [-0.15, -0.1) is 11.3 Å². The van der Waals surface area contributed by atoms with Gasteiger partial charge in [-0.1, -0.05) is 13.8 Å². The number of rotatable bonds is 6. The quantitative estimate of drug-likeness (QED) is 0.233. The van der Waals surface area contributed by atoms with Crippen molar-refractivity contribution >= 4 is 50.7 Å². The molecule has 10 nitrogen and oxygen atoms in total. The molecule has 6 aromatic rings. The summed E-state index contributed by atoms with van der Waals surface area (Å²) in [6.07, 6.45) is 7.80. The van der Waals surface area contributed by atoms with Crippen LogP contribution in [0.5, 0.6) is 0 Å². The molecule has 6 rings (SSSR count). The second-order valence-corrected chi connectivity index (χ2v) is 10.4. The van der Waals surface area contributed by atoms with Gasteiger partial charge in [0.15, 0.2) is 17.4 Å². The maximum atomic E-state index is 16.0. The smallest absolute Gasteiger partial charge is 0.226 e. The van der Waals surface area contributed by atoms with E-state index >= 15 is 4.39 Å². The predicted octanol–water partition coefficient (Wildman–Crippen LogP) is 5.62. The molecule has 6 aromatic heterocycles. The number of imidazole rings is 1. The number of aromatic nitrogens is 7. The first-order chi connectivity index (χ1) is 18.8. The standard InChI is InChI=1S/C27H21FN8O2S/c1-12(2)27(38)32-15-6-14(7-29-8-15)23-22(28)21-17(11-31-23)35-36-25(21)26-33-18-10-30-9-16(24(18)34-26)20-5-4-19(39-20)13(3)37/h4-12H,1-3H3,(H,32,38)(H,33,34)(H,35,36). The van der Waals surface area contributed by atoms with Crippen molar-refractivity contribution < 1.29 is 14.0 Å². The van der Waals surface area contributed by atoms with Gasteiger partial charge < -0.3 is 10.3 Å². The number of amides is 1. The summed E-state index contributed by atoms with van der Waals surface area (Å²) in [5, 5.41) is 10.1. The van der Waals surface area contributed by atoms with Crippen LogP contribution in [0.25, 0.3) is 55.2 Å². The average molecular weight is 541 g/mol. The molecule has 0 fully saturated rings. The van der Waals surface area contributed by atoms with E-state index < -0.39 is 5.82 Å². The van der Waals surface area contributed by atoms with Crippen LogP contribution in [0, 0.1) is 11.7 Å². The molecule has 0 unspecified atom stereocenters.